The standard InChI is InChI=1S/C42H51N9/c1-47-24-28-49(29-25-47)21-6-19-43-32-34-10-14-36(15-11-34)40-39-18-23-51(38-8-4-3-5-9-38)42(39)46-41(45-40)37-16-12-35(13-17-37)33-44-20-7-22-50-30-26-48(2)27-31-50/h3-5,8-18,23,32-33H,6-7,19-22,24-31H2,1-2H3. The van der Waals surface area contributed by atoms with Gasteiger partial charge in [-0.15, -0.1) is 0 Å². The fourth-order valence-corrected chi connectivity index (χ4v) is 6.86. The Bertz CT molecular complexity index is 1880. The van der Waals surface area contributed by atoms with E-state index in [1.165, 1.54) is 0 Å². The summed E-state index contributed by atoms with van der Waals surface area (Å²) in [6.07, 6.45) is 8.25. The molecule has 2 aliphatic rings. The smallest absolute Gasteiger partial charge is 0.162 e. The highest BCUT2D eigenvalue weighted by atomic mass is 15.2. The van der Waals surface area contributed by atoms with E-state index in [-0.39, 0.29) is 0 Å². The maximum atomic E-state index is 5.17. The number of hydrogen-bond acceptors (Lipinski definition) is 8. The summed E-state index contributed by atoms with van der Waals surface area (Å²) in [5.41, 5.74) is 7.10. The lowest BCUT2D eigenvalue weighted by atomic mass is 10.1. The number of rotatable bonds is 13. The molecule has 9 nitrogen and oxygen atoms in total. The minimum atomic E-state index is 0.704. The molecule has 9 heteroatoms. The van der Waals surface area contributed by atoms with Crippen LogP contribution in [0.2, 0.25) is 0 Å². The molecule has 4 heterocycles. The van der Waals surface area contributed by atoms with E-state index in [0.29, 0.717) is 5.82 Å². The average Bonchev–Trinajstić information content (AvgIpc) is 3.61. The molecule has 0 spiro atoms. The highest BCUT2D eigenvalue weighted by molar-refractivity contribution is 5.94. The maximum absolute atomic E-state index is 5.17. The average molecular weight is 682 g/mol. The fourth-order valence-electron chi connectivity index (χ4n) is 6.86. The van der Waals surface area contributed by atoms with Gasteiger partial charge >= 0.3 is 0 Å². The van der Waals surface area contributed by atoms with E-state index in [4.69, 9.17) is 20.0 Å². The number of benzene rings is 3. The Morgan fingerprint density at radius 3 is 1.67 bits per heavy atom. The van der Waals surface area contributed by atoms with Crippen molar-refractivity contribution in [2.45, 2.75) is 12.8 Å². The van der Waals surface area contributed by atoms with E-state index < -0.39 is 0 Å². The number of hydrogen-bond donors (Lipinski definition) is 0. The monoisotopic (exact) mass is 681 g/mol. The van der Waals surface area contributed by atoms with Gasteiger partial charge in [0, 0.05) is 106 Å². The van der Waals surface area contributed by atoms with E-state index in [0.717, 1.165) is 136 Å². The predicted molar refractivity (Wildman–Crippen MR) is 212 cm³/mol. The van der Waals surface area contributed by atoms with Crippen molar-refractivity contribution in [2.75, 3.05) is 92.6 Å². The van der Waals surface area contributed by atoms with Gasteiger partial charge in [0.05, 0.1) is 5.69 Å². The van der Waals surface area contributed by atoms with Gasteiger partial charge in [0.2, 0.25) is 0 Å². The van der Waals surface area contributed by atoms with Gasteiger partial charge < -0.3 is 24.2 Å². The third kappa shape index (κ3) is 9.23. The van der Waals surface area contributed by atoms with E-state index in [1.54, 1.807) is 0 Å². The number of piperazine rings is 2. The molecule has 0 bridgehead atoms. The van der Waals surface area contributed by atoms with E-state index >= 15 is 0 Å². The molecule has 2 aromatic heterocycles. The van der Waals surface area contributed by atoms with Crippen LogP contribution in [0.4, 0.5) is 0 Å². The SMILES string of the molecule is CN1CCN(CCCN=Cc2ccc(-c3nc(-c4ccc(C=NCCCN5CCN(C)CC5)cc4)c4ccn(-c5ccccc5)c4n3)cc2)CC1. The van der Waals surface area contributed by atoms with E-state index in [1.807, 2.05) is 18.5 Å². The van der Waals surface area contributed by atoms with Gasteiger partial charge in [0.1, 0.15) is 5.65 Å². The molecule has 7 rings (SSSR count). The van der Waals surface area contributed by atoms with Gasteiger partial charge in [-0.05, 0) is 69.4 Å². The fraction of sp³-hybridized carbons (Fsp3) is 0.381. The van der Waals surface area contributed by atoms with Crippen LogP contribution in [0.1, 0.15) is 24.0 Å². The molecule has 2 aliphatic heterocycles. The first kappa shape index (κ1) is 34.9. The highest BCUT2D eigenvalue weighted by Gasteiger charge is 2.16. The largest absolute Gasteiger partial charge is 0.304 e. The molecule has 0 saturated carbocycles. The minimum Gasteiger partial charge on any atom is -0.304 e. The molecular formula is C42H51N9. The summed E-state index contributed by atoms with van der Waals surface area (Å²) < 4.78 is 2.15. The summed E-state index contributed by atoms with van der Waals surface area (Å²) in [7, 11) is 4.40. The second kappa shape index (κ2) is 17.1. The Labute approximate surface area is 303 Å². The first-order chi connectivity index (χ1) is 25.1. The lowest BCUT2D eigenvalue weighted by molar-refractivity contribution is 0.153. The number of aromatic nitrogens is 3. The van der Waals surface area contributed by atoms with Crippen LogP contribution >= 0.6 is 0 Å². The first-order valence-corrected chi connectivity index (χ1v) is 18.6. The molecule has 2 fully saturated rings. The Morgan fingerprint density at radius 1 is 0.588 bits per heavy atom. The molecule has 51 heavy (non-hydrogen) atoms. The van der Waals surface area contributed by atoms with Crippen LogP contribution in [0.3, 0.4) is 0 Å². The molecule has 5 aromatic rings. The Hall–Kier alpha value is -4.54. The van der Waals surface area contributed by atoms with Crippen LogP contribution in [0.25, 0.3) is 39.4 Å². The quantitative estimate of drug-likeness (QED) is 0.115. The summed E-state index contributed by atoms with van der Waals surface area (Å²) in [5.74, 6) is 0.704. The number of aliphatic imine (C=N–C) groups is 2. The van der Waals surface area contributed by atoms with Gasteiger partial charge in [0.15, 0.2) is 5.82 Å². The van der Waals surface area contributed by atoms with Crippen molar-refractivity contribution < 1.29 is 0 Å². The Morgan fingerprint density at radius 2 is 1.12 bits per heavy atom. The molecule has 0 unspecified atom stereocenters. The molecule has 0 N–H and O–H groups in total. The number of fused-ring (bicyclic) bond motifs is 1. The van der Waals surface area contributed by atoms with Crippen molar-refractivity contribution in [3.8, 4) is 28.3 Å². The van der Waals surface area contributed by atoms with E-state index in [9.17, 15) is 0 Å². The van der Waals surface area contributed by atoms with Gasteiger partial charge in [-0.1, -0.05) is 66.7 Å². The van der Waals surface area contributed by atoms with Crippen LogP contribution in [0.5, 0.6) is 0 Å². The molecule has 0 radical (unpaired) electrons. The zero-order chi connectivity index (χ0) is 34.8. The van der Waals surface area contributed by atoms with Crippen LogP contribution in [-0.2, 0) is 0 Å². The number of nitrogens with zero attached hydrogens (tertiary/aromatic N) is 9. The minimum absolute atomic E-state index is 0.704. The predicted octanol–water partition coefficient (Wildman–Crippen LogP) is 5.87. The van der Waals surface area contributed by atoms with Crippen LogP contribution in [0.15, 0.2) is 101 Å². The highest BCUT2D eigenvalue weighted by Crippen LogP contribution is 2.31. The van der Waals surface area contributed by atoms with Crippen LogP contribution in [-0.4, -0.2) is 139 Å². The molecule has 3 aromatic carbocycles. The number of para-hydroxylation sites is 1. The number of likely N-dealkylation sites (N-methyl/N-ethyl adjacent to an activating group) is 2. The van der Waals surface area contributed by atoms with Crippen molar-refractivity contribution in [3.63, 3.8) is 0 Å². The molecule has 0 aliphatic carbocycles. The Balaban J connectivity index is 1.05. The van der Waals surface area contributed by atoms with Gasteiger partial charge in [-0.25, -0.2) is 9.97 Å². The Kier molecular flexibility index (Phi) is 11.7. The lowest BCUT2D eigenvalue weighted by Crippen LogP contribution is -2.44. The van der Waals surface area contributed by atoms with Crippen molar-refractivity contribution in [1.29, 1.82) is 0 Å². The van der Waals surface area contributed by atoms with Gasteiger partial charge in [-0.2, -0.15) is 0 Å². The lowest BCUT2D eigenvalue weighted by Gasteiger charge is -2.32. The summed E-state index contributed by atoms with van der Waals surface area (Å²) in [5, 5.41) is 1.02. The maximum Gasteiger partial charge on any atom is 0.162 e. The van der Waals surface area contributed by atoms with Crippen molar-refractivity contribution >= 4 is 23.5 Å². The van der Waals surface area contributed by atoms with Crippen molar-refractivity contribution in [3.05, 3.63) is 102 Å². The van der Waals surface area contributed by atoms with Crippen molar-refractivity contribution in [2.24, 2.45) is 9.98 Å². The zero-order valence-corrected chi connectivity index (χ0v) is 30.2. The topological polar surface area (TPSA) is 68.4 Å². The third-order valence-corrected chi connectivity index (χ3v) is 10.1. The molecule has 2 saturated heterocycles. The molecular weight excluding hydrogens is 631 g/mol. The first-order valence-electron chi connectivity index (χ1n) is 18.6. The van der Waals surface area contributed by atoms with Gasteiger partial charge in [0.25, 0.3) is 0 Å². The van der Waals surface area contributed by atoms with E-state index in [2.05, 4.69) is 123 Å². The molecule has 0 amide bonds. The summed E-state index contributed by atoms with van der Waals surface area (Å²) in [6.45, 7) is 13.2. The van der Waals surface area contributed by atoms with Crippen molar-refractivity contribution in [1.82, 2.24) is 34.1 Å². The third-order valence-electron chi connectivity index (χ3n) is 10.1. The second-order valence-electron chi connectivity index (χ2n) is 14.0. The summed E-state index contributed by atoms with van der Waals surface area (Å²) in [4.78, 5) is 29.7. The molecule has 0 atom stereocenters. The van der Waals surface area contributed by atoms with Crippen LogP contribution < -0.4 is 0 Å². The zero-order valence-electron chi connectivity index (χ0n) is 30.2. The summed E-state index contributed by atoms with van der Waals surface area (Å²) >= 11 is 0. The second-order valence-corrected chi connectivity index (χ2v) is 14.0. The summed E-state index contributed by atoms with van der Waals surface area (Å²) in [6, 6.07) is 29.5. The van der Waals surface area contributed by atoms with Crippen LogP contribution in [0, 0.1) is 0 Å². The molecule has 264 valence electrons. The van der Waals surface area contributed by atoms with Gasteiger partial charge in [-0.3, -0.25) is 9.98 Å². The normalized spacial score (nSPS) is 17.0.